The Morgan fingerprint density at radius 2 is 1.36 bits per heavy atom. The first-order valence-corrected chi connectivity index (χ1v) is 16.2. The van der Waals surface area contributed by atoms with Crippen LogP contribution >= 0.6 is 11.6 Å². The minimum absolute atomic E-state index is 0.141. The van der Waals surface area contributed by atoms with E-state index in [-0.39, 0.29) is 29.4 Å². The van der Waals surface area contributed by atoms with Crippen LogP contribution in [0.3, 0.4) is 0 Å². The Hall–Kier alpha value is -5.48. The number of phenols is 1. The maximum atomic E-state index is 14.0. The summed E-state index contributed by atoms with van der Waals surface area (Å²) in [6.45, 7) is 1.39. The number of H-pyrrole nitrogens is 2. The van der Waals surface area contributed by atoms with Gasteiger partial charge < -0.3 is 30.6 Å². The molecule has 4 aromatic carbocycles. The number of carbonyl (C=O) groups excluding carboxylic acids is 3. The molecule has 0 fully saturated rings. The summed E-state index contributed by atoms with van der Waals surface area (Å²) in [4.78, 5) is 51.4. The molecule has 5 heterocycles. The van der Waals surface area contributed by atoms with Gasteiger partial charge in [0.25, 0.3) is 11.8 Å². The van der Waals surface area contributed by atoms with Crippen molar-refractivity contribution in [1.29, 1.82) is 0 Å². The van der Waals surface area contributed by atoms with E-state index in [2.05, 4.69) is 9.97 Å². The summed E-state index contributed by atoms with van der Waals surface area (Å²) < 4.78 is 0. The smallest absolute Gasteiger partial charge is 0.319 e. The van der Waals surface area contributed by atoms with E-state index in [4.69, 9.17) is 17.3 Å². The molecular formula is C36H29ClN6O4. The van der Waals surface area contributed by atoms with Crippen LogP contribution in [0.25, 0.3) is 32.6 Å². The average Bonchev–Trinajstić information content (AvgIpc) is 3.90. The number of anilines is 3. The van der Waals surface area contributed by atoms with Gasteiger partial charge in [-0.3, -0.25) is 14.5 Å². The van der Waals surface area contributed by atoms with Crippen LogP contribution < -0.4 is 20.4 Å². The van der Waals surface area contributed by atoms with Gasteiger partial charge in [-0.1, -0.05) is 24.3 Å². The summed E-state index contributed by atoms with van der Waals surface area (Å²) in [6, 6.07) is 20.4. The maximum absolute atomic E-state index is 14.0. The van der Waals surface area contributed by atoms with Crippen molar-refractivity contribution in [2.24, 2.45) is 5.73 Å². The van der Waals surface area contributed by atoms with Crippen molar-refractivity contribution < 1.29 is 19.5 Å². The molecular weight excluding hydrogens is 616 g/mol. The molecule has 0 radical (unpaired) electrons. The van der Waals surface area contributed by atoms with Crippen molar-refractivity contribution in [3.8, 4) is 5.75 Å². The number of hydrogen-bond acceptors (Lipinski definition) is 4. The van der Waals surface area contributed by atoms with Crippen LogP contribution in [-0.4, -0.2) is 58.4 Å². The van der Waals surface area contributed by atoms with Crippen molar-refractivity contribution >= 4 is 79.1 Å². The van der Waals surface area contributed by atoms with Crippen molar-refractivity contribution in [2.45, 2.75) is 18.8 Å². The number of aromatic amines is 2. The predicted octanol–water partition coefficient (Wildman–Crippen LogP) is 6.13. The summed E-state index contributed by atoms with van der Waals surface area (Å²) >= 11 is 6.34. The topological polar surface area (TPSA) is 139 Å². The number of aromatic hydroxyl groups is 1. The number of nitrogens with zero attached hydrogens (tertiary/aromatic N) is 3. The van der Waals surface area contributed by atoms with E-state index in [9.17, 15) is 19.5 Å². The third-order valence-corrected chi connectivity index (χ3v) is 10.5. The maximum Gasteiger partial charge on any atom is 0.319 e. The summed E-state index contributed by atoms with van der Waals surface area (Å²) in [5.41, 5.74) is 13.1. The van der Waals surface area contributed by atoms with E-state index in [1.54, 1.807) is 14.7 Å². The average molecular weight is 645 g/mol. The highest BCUT2D eigenvalue weighted by atomic mass is 35.5. The zero-order valence-corrected chi connectivity index (χ0v) is 25.9. The number of carbonyl (C=O) groups is 3. The molecule has 6 aromatic rings. The van der Waals surface area contributed by atoms with Crippen LogP contribution in [-0.2, 0) is 12.8 Å². The van der Waals surface area contributed by atoms with E-state index in [1.165, 1.54) is 0 Å². The molecule has 1 atom stereocenters. The van der Waals surface area contributed by atoms with Crippen molar-refractivity contribution in [2.75, 3.05) is 40.2 Å². The molecule has 0 bridgehead atoms. The van der Waals surface area contributed by atoms with Gasteiger partial charge in [-0.05, 0) is 71.8 Å². The number of phenolic OH excluding ortho intramolecular Hbond substituents is 1. The van der Waals surface area contributed by atoms with Crippen LogP contribution in [0.15, 0.2) is 66.7 Å². The molecule has 9 rings (SSSR count). The highest BCUT2D eigenvalue weighted by Gasteiger charge is 2.37. The Bertz CT molecular complexity index is 2360. The number of amides is 4. The number of urea groups is 1. The van der Waals surface area contributed by atoms with Gasteiger partial charge >= 0.3 is 6.03 Å². The molecule has 0 spiro atoms. The monoisotopic (exact) mass is 644 g/mol. The first kappa shape index (κ1) is 27.8. The van der Waals surface area contributed by atoms with Gasteiger partial charge in [0.05, 0.1) is 5.69 Å². The van der Waals surface area contributed by atoms with Gasteiger partial charge in [0, 0.05) is 75.6 Å². The van der Waals surface area contributed by atoms with Crippen LogP contribution in [0, 0.1) is 0 Å². The Balaban J connectivity index is 1.04. The second-order valence-electron chi connectivity index (χ2n) is 12.5. The zero-order chi connectivity index (χ0) is 32.1. The normalized spacial score (nSPS) is 16.8. The number of hydrogen-bond donors (Lipinski definition) is 4. The molecule has 234 valence electrons. The minimum atomic E-state index is -0.484. The quantitative estimate of drug-likeness (QED) is 0.172. The second kappa shape index (κ2) is 10.0. The fourth-order valence-electron chi connectivity index (χ4n) is 7.87. The lowest BCUT2D eigenvalue weighted by Crippen LogP contribution is -2.33. The molecule has 0 aliphatic carbocycles. The predicted molar refractivity (Wildman–Crippen MR) is 183 cm³/mol. The van der Waals surface area contributed by atoms with E-state index in [1.807, 2.05) is 66.7 Å². The van der Waals surface area contributed by atoms with Gasteiger partial charge in [-0.15, -0.1) is 11.6 Å². The SMILES string of the molecule is NC(=O)N1CCc2c1ccc1[nH]c(C(=O)N3CCc4c3ccc3[nH]c(C(=O)N5C[C@@H](CCl)c6c5cc5ccccc5c6O)cc43)cc21. The summed E-state index contributed by atoms with van der Waals surface area (Å²) in [7, 11) is 0. The fourth-order valence-corrected chi connectivity index (χ4v) is 8.12. The number of aromatic nitrogens is 2. The Labute approximate surface area is 273 Å². The molecule has 10 nitrogen and oxygen atoms in total. The summed E-state index contributed by atoms with van der Waals surface area (Å²) in [5, 5.41) is 14.6. The van der Waals surface area contributed by atoms with E-state index in [0.717, 1.165) is 55.1 Å². The minimum Gasteiger partial charge on any atom is -0.507 e. The Kier molecular flexibility index (Phi) is 5.92. The summed E-state index contributed by atoms with van der Waals surface area (Å²) in [6.07, 6.45) is 1.32. The Morgan fingerprint density at radius 3 is 2.00 bits per heavy atom. The largest absolute Gasteiger partial charge is 0.507 e. The molecule has 0 unspecified atom stereocenters. The Morgan fingerprint density at radius 1 is 0.766 bits per heavy atom. The first-order valence-electron chi connectivity index (χ1n) is 15.6. The molecule has 2 aromatic heterocycles. The third kappa shape index (κ3) is 3.94. The molecule has 0 saturated carbocycles. The molecule has 47 heavy (non-hydrogen) atoms. The van der Waals surface area contributed by atoms with Gasteiger partial charge in [0.1, 0.15) is 17.1 Å². The van der Waals surface area contributed by atoms with Gasteiger partial charge in [-0.25, -0.2) is 4.79 Å². The van der Waals surface area contributed by atoms with E-state index < -0.39 is 6.03 Å². The number of benzene rings is 4. The number of primary amides is 1. The molecule has 3 aliphatic heterocycles. The standard InChI is InChI=1S/C36H29ClN6O4/c37-16-19-17-43(31-13-18-3-1-2-4-20(18)33(44)32(19)31)35(46)28-15-23-21-9-11-41(29(21)7-5-25(23)40-28)34(45)27-14-24-22-10-12-42(36(38)47)30(22)8-6-26(24)39-27/h1-8,13-15,19,39-40,44H,9-12,16-17H2,(H2,38,47)/t19-/m1/s1. The van der Waals surface area contributed by atoms with Crippen molar-refractivity contribution in [3.63, 3.8) is 0 Å². The number of rotatable bonds is 3. The van der Waals surface area contributed by atoms with Gasteiger partial charge in [-0.2, -0.15) is 0 Å². The molecule has 3 aliphatic rings. The lowest BCUT2D eigenvalue weighted by molar-refractivity contribution is 0.0977. The molecule has 5 N–H and O–H groups in total. The third-order valence-electron chi connectivity index (χ3n) is 10.1. The first-order chi connectivity index (χ1) is 22.8. The van der Waals surface area contributed by atoms with Gasteiger partial charge in [0.2, 0.25) is 0 Å². The number of fused-ring (bicyclic) bond motifs is 8. The number of nitrogens with one attached hydrogen (secondary N) is 2. The highest BCUT2D eigenvalue weighted by molar-refractivity contribution is 6.19. The van der Waals surface area contributed by atoms with E-state index >= 15 is 0 Å². The number of halogens is 1. The lowest BCUT2D eigenvalue weighted by atomic mass is 9.97. The molecule has 4 amide bonds. The van der Waals surface area contributed by atoms with Gasteiger partial charge in [0.15, 0.2) is 0 Å². The fraction of sp³-hybridized carbons (Fsp3) is 0.194. The number of alkyl halides is 1. The van der Waals surface area contributed by atoms with E-state index in [0.29, 0.717) is 55.1 Å². The van der Waals surface area contributed by atoms with Crippen molar-refractivity contribution in [1.82, 2.24) is 9.97 Å². The number of nitrogens with two attached hydrogens (primary N) is 1. The zero-order valence-electron chi connectivity index (χ0n) is 25.1. The second-order valence-corrected chi connectivity index (χ2v) is 12.8. The van der Waals surface area contributed by atoms with Crippen LogP contribution in [0.5, 0.6) is 5.75 Å². The molecule has 11 heteroatoms. The van der Waals surface area contributed by atoms with Crippen LogP contribution in [0.1, 0.15) is 43.6 Å². The van der Waals surface area contributed by atoms with Crippen LogP contribution in [0.2, 0.25) is 0 Å². The van der Waals surface area contributed by atoms with Crippen LogP contribution in [0.4, 0.5) is 21.9 Å². The molecule has 0 saturated heterocycles. The van der Waals surface area contributed by atoms with Crippen molar-refractivity contribution in [3.05, 3.63) is 94.8 Å². The summed E-state index contributed by atoms with van der Waals surface area (Å²) in [5.74, 6) is -0.0916. The lowest BCUT2D eigenvalue weighted by Gasteiger charge is -2.17. The highest BCUT2D eigenvalue weighted by Crippen LogP contribution is 2.47.